The molecular formula is C16H23N3OS. The topological polar surface area (TPSA) is 49.6 Å². The van der Waals surface area contributed by atoms with Gasteiger partial charge >= 0.3 is 0 Å². The van der Waals surface area contributed by atoms with Gasteiger partial charge in [0.2, 0.25) is 0 Å². The van der Waals surface area contributed by atoms with Gasteiger partial charge in [-0.05, 0) is 31.0 Å². The summed E-state index contributed by atoms with van der Waals surface area (Å²) >= 11 is 5.04. The van der Waals surface area contributed by atoms with Crippen molar-refractivity contribution in [3.05, 3.63) is 35.4 Å². The molecule has 5 heteroatoms. The summed E-state index contributed by atoms with van der Waals surface area (Å²) in [5.41, 5.74) is 7.71. The van der Waals surface area contributed by atoms with E-state index in [0.29, 0.717) is 4.99 Å². The molecule has 1 heterocycles. The van der Waals surface area contributed by atoms with E-state index in [1.54, 1.807) is 0 Å². The summed E-state index contributed by atoms with van der Waals surface area (Å²) in [6, 6.07) is 7.99. The van der Waals surface area contributed by atoms with Crippen molar-refractivity contribution in [3.8, 4) is 0 Å². The Morgan fingerprint density at radius 1 is 1.24 bits per heavy atom. The molecule has 1 unspecified atom stereocenters. The van der Waals surface area contributed by atoms with Crippen LogP contribution in [0, 0.1) is 0 Å². The van der Waals surface area contributed by atoms with Crippen LogP contribution in [0.15, 0.2) is 24.3 Å². The first-order valence-corrected chi connectivity index (χ1v) is 7.85. The van der Waals surface area contributed by atoms with Crippen molar-refractivity contribution in [2.45, 2.75) is 26.3 Å². The number of thiocarbonyl (C=S) groups is 1. The Labute approximate surface area is 131 Å². The number of hydrogen-bond acceptors (Lipinski definition) is 3. The highest BCUT2D eigenvalue weighted by Gasteiger charge is 2.25. The maximum atomic E-state index is 12.5. The van der Waals surface area contributed by atoms with Gasteiger partial charge in [-0.1, -0.05) is 31.3 Å². The van der Waals surface area contributed by atoms with Crippen LogP contribution in [-0.4, -0.2) is 52.9 Å². The minimum Gasteiger partial charge on any atom is -0.392 e. The summed E-state index contributed by atoms with van der Waals surface area (Å²) in [6.07, 6.45) is 0.990. The van der Waals surface area contributed by atoms with Crippen molar-refractivity contribution in [3.63, 3.8) is 0 Å². The minimum absolute atomic E-state index is 0.0982. The van der Waals surface area contributed by atoms with Gasteiger partial charge in [0.05, 0.1) is 11.0 Å². The van der Waals surface area contributed by atoms with E-state index < -0.39 is 0 Å². The monoisotopic (exact) mass is 305 g/mol. The SMILES string of the molecule is CCc1ccc(C(=O)N2CCN(C(C)C(N)=S)CC2)cc1. The van der Waals surface area contributed by atoms with Gasteiger partial charge in [-0.25, -0.2) is 0 Å². The molecule has 1 aliphatic heterocycles. The Balaban J connectivity index is 1.95. The number of nitrogens with two attached hydrogens (primary N) is 1. The van der Waals surface area contributed by atoms with Crippen LogP contribution in [-0.2, 0) is 6.42 Å². The van der Waals surface area contributed by atoms with Crippen LogP contribution in [0.5, 0.6) is 0 Å². The van der Waals surface area contributed by atoms with Gasteiger partial charge in [-0.3, -0.25) is 9.69 Å². The molecule has 0 saturated carbocycles. The maximum Gasteiger partial charge on any atom is 0.253 e. The van der Waals surface area contributed by atoms with E-state index in [4.69, 9.17) is 18.0 Å². The second kappa shape index (κ2) is 7.00. The number of aryl methyl sites for hydroxylation is 1. The highest BCUT2D eigenvalue weighted by molar-refractivity contribution is 7.80. The van der Waals surface area contributed by atoms with Crippen LogP contribution in [0.25, 0.3) is 0 Å². The lowest BCUT2D eigenvalue weighted by Gasteiger charge is -2.37. The maximum absolute atomic E-state index is 12.5. The number of amides is 1. The number of hydrogen-bond donors (Lipinski definition) is 1. The highest BCUT2D eigenvalue weighted by atomic mass is 32.1. The second-order valence-electron chi connectivity index (χ2n) is 5.46. The molecule has 4 nitrogen and oxygen atoms in total. The number of piperazine rings is 1. The predicted octanol–water partition coefficient (Wildman–Crippen LogP) is 1.68. The highest BCUT2D eigenvalue weighted by Crippen LogP contribution is 2.12. The lowest BCUT2D eigenvalue weighted by molar-refractivity contribution is 0.0621. The number of carbonyl (C=O) groups excluding carboxylic acids is 1. The average molecular weight is 305 g/mol. The third-order valence-corrected chi connectivity index (χ3v) is 4.51. The van der Waals surface area contributed by atoms with Crippen LogP contribution in [0.2, 0.25) is 0 Å². The number of benzene rings is 1. The van der Waals surface area contributed by atoms with E-state index in [1.807, 2.05) is 36.1 Å². The van der Waals surface area contributed by atoms with Crippen LogP contribution >= 0.6 is 12.2 Å². The van der Waals surface area contributed by atoms with Gasteiger partial charge in [-0.2, -0.15) is 0 Å². The van der Waals surface area contributed by atoms with Crippen molar-refractivity contribution in [2.75, 3.05) is 26.2 Å². The molecule has 1 saturated heterocycles. The number of rotatable bonds is 4. The van der Waals surface area contributed by atoms with Gasteiger partial charge in [0.1, 0.15) is 0 Å². The fourth-order valence-corrected chi connectivity index (χ4v) is 2.71. The van der Waals surface area contributed by atoms with Crippen molar-refractivity contribution in [1.29, 1.82) is 0 Å². The molecule has 0 aliphatic carbocycles. The van der Waals surface area contributed by atoms with E-state index in [1.165, 1.54) is 5.56 Å². The summed E-state index contributed by atoms with van der Waals surface area (Å²) in [4.78, 5) is 17.1. The summed E-state index contributed by atoms with van der Waals surface area (Å²) in [5.74, 6) is 0.111. The van der Waals surface area contributed by atoms with Gasteiger partial charge in [0, 0.05) is 31.7 Å². The molecule has 1 aliphatic rings. The molecule has 114 valence electrons. The van der Waals surface area contributed by atoms with Crippen molar-refractivity contribution in [1.82, 2.24) is 9.80 Å². The van der Waals surface area contributed by atoms with E-state index >= 15 is 0 Å². The Morgan fingerprint density at radius 3 is 2.29 bits per heavy atom. The Bertz CT molecular complexity index is 507. The summed E-state index contributed by atoms with van der Waals surface area (Å²) < 4.78 is 0. The summed E-state index contributed by atoms with van der Waals surface area (Å²) in [5, 5.41) is 0. The number of carbonyl (C=O) groups is 1. The quantitative estimate of drug-likeness (QED) is 0.860. The second-order valence-corrected chi connectivity index (χ2v) is 5.93. The van der Waals surface area contributed by atoms with Crippen molar-refractivity contribution < 1.29 is 4.79 Å². The third kappa shape index (κ3) is 3.80. The smallest absolute Gasteiger partial charge is 0.253 e. The molecule has 0 bridgehead atoms. The largest absolute Gasteiger partial charge is 0.392 e. The summed E-state index contributed by atoms with van der Waals surface area (Å²) in [7, 11) is 0. The Morgan fingerprint density at radius 2 is 1.81 bits per heavy atom. The zero-order valence-corrected chi connectivity index (χ0v) is 13.5. The molecule has 1 amide bonds. The predicted molar refractivity (Wildman–Crippen MR) is 89.5 cm³/mol. The molecule has 0 radical (unpaired) electrons. The van der Waals surface area contributed by atoms with Gasteiger partial charge in [0.15, 0.2) is 0 Å². The molecule has 2 rings (SSSR count). The van der Waals surface area contributed by atoms with Crippen LogP contribution in [0.4, 0.5) is 0 Å². The van der Waals surface area contributed by atoms with Crippen LogP contribution < -0.4 is 5.73 Å². The zero-order valence-electron chi connectivity index (χ0n) is 12.7. The first-order valence-electron chi connectivity index (χ1n) is 7.44. The Kier molecular flexibility index (Phi) is 5.31. The molecule has 1 fully saturated rings. The van der Waals surface area contributed by atoms with Gasteiger partial charge < -0.3 is 10.6 Å². The fourth-order valence-electron chi connectivity index (χ4n) is 2.56. The van der Waals surface area contributed by atoms with Crippen molar-refractivity contribution >= 4 is 23.1 Å². The van der Waals surface area contributed by atoms with Gasteiger partial charge in [-0.15, -0.1) is 0 Å². The van der Waals surface area contributed by atoms with Crippen LogP contribution in [0.3, 0.4) is 0 Å². The minimum atomic E-state index is 0.0982. The normalized spacial score (nSPS) is 17.5. The molecule has 0 spiro atoms. The zero-order chi connectivity index (χ0) is 15.4. The van der Waals surface area contributed by atoms with Crippen LogP contribution in [0.1, 0.15) is 29.8 Å². The first-order chi connectivity index (χ1) is 10.0. The average Bonchev–Trinajstić information content (AvgIpc) is 2.53. The molecule has 1 aromatic carbocycles. The molecule has 2 N–H and O–H groups in total. The van der Waals surface area contributed by atoms with Gasteiger partial charge in [0.25, 0.3) is 5.91 Å². The first kappa shape index (κ1) is 15.9. The van der Waals surface area contributed by atoms with E-state index in [0.717, 1.165) is 38.2 Å². The molecule has 1 aromatic rings. The fraction of sp³-hybridized carbons (Fsp3) is 0.500. The van der Waals surface area contributed by atoms with E-state index in [9.17, 15) is 4.79 Å². The van der Waals surface area contributed by atoms with E-state index in [2.05, 4.69) is 11.8 Å². The third-order valence-electron chi connectivity index (χ3n) is 4.17. The summed E-state index contributed by atoms with van der Waals surface area (Å²) in [6.45, 7) is 7.21. The molecule has 21 heavy (non-hydrogen) atoms. The molecule has 0 aromatic heterocycles. The van der Waals surface area contributed by atoms with Crippen molar-refractivity contribution in [2.24, 2.45) is 5.73 Å². The van der Waals surface area contributed by atoms with E-state index in [-0.39, 0.29) is 11.9 Å². The molecule has 1 atom stereocenters. The lowest BCUT2D eigenvalue weighted by Crippen LogP contribution is -2.53. The lowest BCUT2D eigenvalue weighted by atomic mass is 10.1. The Hall–Kier alpha value is -1.46. The number of nitrogens with zero attached hydrogens (tertiary/aromatic N) is 2. The molecular weight excluding hydrogens is 282 g/mol. The standard InChI is InChI=1S/C16H23N3OS/c1-3-13-4-6-14(7-5-13)16(20)19-10-8-18(9-11-19)12(2)15(17)21/h4-7,12H,3,8-11H2,1-2H3,(H2,17,21).